The van der Waals surface area contributed by atoms with E-state index in [9.17, 15) is 0 Å². The minimum atomic E-state index is 1.15. The minimum absolute atomic E-state index is 1.15. The zero-order valence-corrected chi connectivity index (χ0v) is 10.7. The molecule has 0 aromatic heterocycles. The van der Waals surface area contributed by atoms with E-state index in [-0.39, 0.29) is 0 Å². The van der Waals surface area contributed by atoms with E-state index in [0.717, 1.165) is 6.42 Å². The van der Waals surface area contributed by atoms with Gasteiger partial charge < -0.3 is 4.48 Å². The van der Waals surface area contributed by atoms with Gasteiger partial charge in [0.15, 0.2) is 0 Å². The van der Waals surface area contributed by atoms with E-state index in [4.69, 9.17) is 0 Å². The summed E-state index contributed by atoms with van der Waals surface area (Å²) in [7, 11) is 2.41. The van der Waals surface area contributed by atoms with Crippen LogP contribution < -0.4 is 0 Å². The van der Waals surface area contributed by atoms with Crippen molar-refractivity contribution < 1.29 is 4.48 Å². The number of benzene rings is 1. The van der Waals surface area contributed by atoms with Crippen LogP contribution in [-0.2, 0) is 12.8 Å². The molecule has 1 aromatic carbocycles. The van der Waals surface area contributed by atoms with E-state index >= 15 is 0 Å². The summed E-state index contributed by atoms with van der Waals surface area (Å²) in [5.41, 5.74) is 2.95. The number of likely N-dealkylation sites (N-methyl/N-ethyl adjacent to an activating group) is 1. The van der Waals surface area contributed by atoms with Gasteiger partial charge >= 0.3 is 0 Å². The second-order valence-electron chi connectivity index (χ2n) is 5.42. The van der Waals surface area contributed by atoms with E-state index in [1.54, 1.807) is 0 Å². The molecule has 1 aliphatic rings. The highest BCUT2D eigenvalue weighted by atomic mass is 15.3. The molecule has 0 radical (unpaired) electrons. The third kappa shape index (κ3) is 2.85. The molecule has 2 rings (SSSR count). The lowest BCUT2D eigenvalue weighted by Crippen LogP contribution is -2.42. The van der Waals surface area contributed by atoms with Crippen LogP contribution in [0.3, 0.4) is 0 Å². The summed E-state index contributed by atoms with van der Waals surface area (Å²) >= 11 is 0. The van der Waals surface area contributed by atoms with Crippen molar-refractivity contribution in [3.8, 4) is 0 Å². The van der Waals surface area contributed by atoms with Gasteiger partial charge in [0.05, 0.1) is 26.7 Å². The zero-order valence-electron chi connectivity index (χ0n) is 10.7. The normalized spacial score (nSPS) is 18.9. The maximum Gasteiger partial charge on any atom is 0.0825 e. The van der Waals surface area contributed by atoms with E-state index in [0.29, 0.717) is 0 Å². The Hall–Kier alpha value is -0.820. The number of hydrogen-bond donors (Lipinski definition) is 0. The minimum Gasteiger partial charge on any atom is -0.326 e. The maximum atomic E-state index is 2.41. The molecule has 0 bridgehead atoms. The molecule has 0 spiro atoms. The van der Waals surface area contributed by atoms with Gasteiger partial charge in [-0.1, -0.05) is 31.2 Å². The Morgan fingerprint density at radius 1 is 1.00 bits per heavy atom. The van der Waals surface area contributed by atoms with Crippen molar-refractivity contribution in [2.24, 2.45) is 0 Å². The highest BCUT2D eigenvalue weighted by molar-refractivity contribution is 5.22. The molecule has 1 fully saturated rings. The standard InChI is InChI=1S/C15H24N/c1-3-14-6-8-15(9-7-14)10-13-16(2)11-4-5-12-16/h6-9H,3-5,10-13H2,1-2H3/q+1. The lowest BCUT2D eigenvalue weighted by molar-refractivity contribution is -0.897. The van der Waals surface area contributed by atoms with Gasteiger partial charge in [-0.3, -0.25) is 0 Å². The Bertz CT molecular complexity index is 320. The molecule has 1 saturated heterocycles. The van der Waals surface area contributed by atoms with Crippen LogP contribution in [0.5, 0.6) is 0 Å². The highest BCUT2D eigenvalue weighted by Crippen LogP contribution is 2.17. The van der Waals surface area contributed by atoms with Crippen LogP contribution in [0.4, 0.5) is 0 Å². The van der Waals surface area contributed by atoms with Gasteiger partial charge in [0.2, 0.25) is 0 Å². The quantitative estimate of drug-likeness (QED) is 0.681. The van der Waals surface area contributed by atoms with Crippen LogP contribution in [-0.4, -0.2) is 31.2 Å². The van der Waals surface area contributed by atoms with Crippen LogP contribution in [0.1, 0.15) is 30.9 Å². The predicted octanol–water partition coefficient (Wildman–Crippen LogP) is 3.03. The van der Waals surface area contributed by atoms with Crippen molar-refractivity contribution in [1.29, 1.82) is 0 Å². The third-order valence-electron chi connectivity index (χ3n) is 4.02. The van der Waals surface area contributed by atoms with E-state index in [2.05, 4.69) is 38.2 Å². The molecule has 1 aromatic rings. The van der Waals surface area contributed by atoms with Gasteiger partial charge in [-0.05, 0) is 17.5 Å². The SMILES string of the molecule is CCc1ccc(CC[N+]2(C)CCCC2)cc1. The molecule has 1 heterocycles. The maximum absolute atomic E-state index is 2.41. The van der Waals surface area contributed by atoms with Crippen LogP contribution in [0.15, 0.2) is 24.3 Å². The summed E-state index contributed by atoms with van der Waals surface area (Å²) in [4.78, 5) is 0. The first kappa shape index (κ1) is 11.7. The van der Waals surface area contributed by atoms with E-state index in [1.165, 1.54) is 54.5 Å². The molecule has 1 nitrogen and oxygen atoms in total. The number of rotatable bonds is 4. The second-order valence-corrected chi connectivity index (χ2v) is 5.42. The van der Waals surface area contributed by atoms with Crippen molar-refractivity contribution in [2.75, 3.05) is 26.7 Å². The average Bonchev–Trinajstić information content (AvgIpc) is 2.75. The first-order valence-electron chi connectivity index (χ1n) is 6.63. The topological polar surface area (TPSA) is 0 Å². The van der Waals surface area contributed by atoms with Crippen LogP contribution in [0, 0.1) is 0 Å². The number of hydrogen-bond acceptors (Lipinski definition) is 0. The van der Waals surface area contributed by atoms with E-state index < -0.39 is 0 Å². The summed E-state index contributed by atoms with van der Waals surface area (Å²) in [6.07, 6.45) is 5.23. The van der Waals surface area contributed by atoms with Crippen LogP contribution in [0.2, 0.25) is 0 Å². The van der Waals surface area contributed by atoms with Gasteiger partial charge in [-0.2, -0.15) is 0 Å². The molecule has 0 saturated carbocycles. The number of likely N-dealkylation sites (tertiary alicyclic amines) is 1. The Morgan fingerprint density at radius 2 is 1.56 bits per heavy atom. The molecule has 0 N–H and O–H groups in total. The fourth-order valence-corrected chi connectivity index (χ4v) is 2.66. The fourth-order valence-electron chi connectivity index (χ4n) is 2.66. The molecule has 88 valence electrons. The molecule has 1 aliphatic heterocycles. The molecule has 0 aliphatic carbocycles. The van der Waals surface area contributed by atoms with Gasteiger partial charge in [-0.25, -0.2) is 0 Å². The predicted molar refractivity (Wildman–Crippen MR) is 69.5 cm³/mol. The largest absolute Gasteiger partial charge is 0.326 e. The molecule has 0 unspecified atom stereocenters. The molecule has 0 amide bonds. The monoisotopic (exact) mass is 218 g/mol. The summed E-state index contributed by atoms with van der Waals surface area (Å²) < 4.78 is 1.29. The van der Waals surface area contributed by atoms with Gasteiger partial charge in [0, 0.05) is 19.3 Å². The third-order valence-corrected chi connectivity index (χ3v) is 4.02. The lowest BCUT2D eigenvalue weighted by atomic mass is 10.1. The summed E-state index contributed by atoms with van der Waals surface area (Å²) in [5.74, 6) is 0. The Morgan fingerprint density at radius 3 is 2.12 bits per heavy atom. The van der Waals surface area contributed by atoms with Gasteiger partial charge in [0.25, 0.3) is 0 Å². The van der Waals surface area contributed by atoms with Crippen molar-refractivity contribution in [1.82, 2.24) is 0 Å². The van der Waals surface area contributed by atoms with Crippen molar-refractivity contribution >= 4 is 0 Å². The summed E-state index contributed by atoms with van der Waals surface area (Å²) in [6.45, 7) is 6.29. The number of aryl methyl sites for hydroxylation is 1. The number of quaternary nitrogens is 1. The highest BCUT2D eigenvalue weighted by Gasteiger charge is 2.25. The van der Waals surface area contributed by atoms with Crippen molar-refractivity contribution in [2.45, 2.75) is 32.6 Å². The number of nitrogens with zero attached hydrogens (tertiary/aromatic N) is 1. The average molecular weight is 218 g/mol. The van der Waals surface area contributed by atoms with Gasteiger partial charge in [-0.15, -0.1) is 0 Å². The molecular weight excluding hydrogens is 194 g/mol. The first-order valence-corrected chi connectivity index (χ1v) is 6.63. The van der Waals surface area contributed by atoms with Crippen molar-refractivity contribution in [3.05, 3.63) is 35.4 Å². The first-order chi connectivity index (χ1) is 7.72. The van der Waals surface area contributed by atoms with Crippen LogP contribution in [0.25, 0.3) is 0 Å². The van der Waals surface area contributed by atoms with Gasteiger partial charge in [0.1, 0.15) is 0 Å². The summed E-state index contributed by atoms with van der Waals surface area (Å²) in [5, 5.41) is 0. The smallest absolute Gasteiger partial charge is 0.0825 e. The molecule has 1 heteroatoms. The molecule has 16 heavy (non-hydrogen) atoms. The van der Waals surface area contributed by atoms with Crippen molar-refractivity contribution in [3.63, 3.8) is 0 Å². The lowest BCUT2D eigenvalue weighted by Gasteiger charge is -2.29. The Kier molecular flexibility index (Phi) is 3.65. The second kappa shape index (κ2) is 5.01. The summed E-state index contributed by atoms with van der Waals surface area (Å²) in [6, 6.07) is 9.17. The fraction of sp³-hybridized carbons (Fsp3) is 0.600. The van der Waals surface area contributed by atoms with Crippen LogP contribution >= 0.6 is 0 Å². The van der Waals surface area contributed by atoms with E-state index in [1.807, 2.05) is 0 Å². The molecule has 0 atom stereocenters. The Balaban J connectivity index is 1.89. The Labute approximate surface area is 99.7 Å². The molecular formula is C15H24N+. The zero-order chi connectivity index (χ0) is 11.4.